The smallest absolute Gasteiger partial charge is 0.323 e. The fourth-order valence-electron chi connectivity index (χ4n) is 4.52. The minimum absolute atomic E-state index is 0.403. The fourth-order valence-corrected chi connectivity index (χ4v) is 4.52. The van der Waals surface area contributed by atoms with Crippen molar-refractivity contribution in [2.45, 2.75) is 39.2 Å². The van der Waals surface area contributed by atoms with E-state index in [0.29, 0.717) is 30.6 Å². The lowest BCUT2D eigenvalue weighted by Crippen LogP contribution is -2.16. The lowest BCUT2D eigenvalue weighted by atomic mass is 10.0. The summed E-state index contributed by atoms with van der Waals surface area (Å²) in [5.74, 6) is 4.85. The minimum Gasteiger partial charge on any atom is -0.464 e. The molecule has 0 aliphatic heterocycles. The van der Waals surface area contributed by atoms with Crippen LogP contribution in [0.4, 0.5) is 11.9 Å². The predicted octanol–water partition coefficient (Wildman–Crippen LogP) is 2.16. The Balaban J connectivity index is 1.49. The maximum Gasteiger partial charge on any atom is 0.323 e. The normalized spacial score (nSPS) is 35.4. The van der Waals surface area contributed by atoms with Crippen LogP contribution in [0.25, 0.3) is 0 Å². The highest BCUT2D eigenvalue weighted by molar-refractivity contribution is 5.40. The summed E-state index contributed by atoms with van der Waals surface area (Å²) in [6.07, 6.45) is 4.31. The van der Waals surface area contributed by atoms with Gasteiger partial charge in [-0.3, -0.25) is 0 Å². The lowest BCUT2D eigenvalue weighted by Gasteiger charge is -2.12. The summed E-state index contributed by atoms with van der Waals surface area (Å²) in [4.78, 5) is 13.1. The molecular weight excluding hydrogens is 266 g/mol. The van der Waals surface area contributed by atoms with Crippen molar-refractivity contribution in [3.63, 3.8) is 0 Å². The zero-order valence-corrected chi connectivity index (χ0v) is 12.7. The summed E-state index contributed by atoms with van der Waals surface area (Å²) in [6.45, 7) is 5.31. The van der Waals surface area contributed by atoms with Crippen LogP contribution in [0.3, 0.4) is 0 Å². The van der Waals surface area contributed by atoms with E-state index in [1.165, 1.54) is 19.3 Å². The first-order valence-electron chi connectivity index (χ1n) is 8.19. The van der Waals surface area contributed by atoms with Gasteiger partial charge < -0.3 is 15.4 Å². The molecule has 3 aliphatic carbocycles. The van der Waals surface area contributed by atoms with Crippen molar-refractivity contribution in [1.29, 1.82) is 0 Å². The first-order valence-corrected chi connectivity index (χ1v) is 8.19. The van der Waals surface area contributed by atoms with E-state index in [1.807, 2.05) is 13.8 Å². The molecule has 4 unspecified atom stereocenters. The van der Waals surface area contributed by atoms with E-state index in [2.05, 4.69) is 25.6 Å². The Kier molecular flexibility index (Phi) is 3.12. The second kappa shape index (κ2) is 5.00. The summed E-state index contributed by atoms with van der Waals surface area (Å²) in [6, 6.07) is 0.974. The highest BCUT2D eigenvalue weighted by atomic mass is 16.5. The number of anilines is 2. The van der Waals surface area contributed by atoms with Gasteiger partial charge in [0.15, 0.2) is 0 Å². The number of hydrogen-bond donors (Lipinski definition) is 2. The third kappa shape index (κ3) is 2.21. The molecule has 0 spiro atoms. The Bertz CT molecular complexity index is 497. The molecule has 0 aromatic carbocycles. The number of aromatic nitrogens is 3. The number of rotatable bonds is 6. The third-order valence-electron chi connectivity index (χ3n) is 5.25. The maximum atomic E-state index is 5.44. The Hall–Kier alpha value is -1.59. The van der Waals surface area contributed by atoms with Gasteiger partial charge in [-0.05, 0) is 56.8 Å². The van der Waals surface area contributed by atoms with E-state index in [9.17, 15) is 0 Å². The average Bonchev–Trinajstić information content (AvgIpc) is 2.85. The van der Waals surface area contributed by atoms with E-state index < -0.39 is 0 Å². The quantitative estimate of drug-likeness (QED) is 0.836. The number of nitrogens with zero attached hydrogens (tertiary/aromatic N) is 3. The van der Waals surface area contributed by atoms with Crippen LogP contribution < -0.4 is 15.4 Å². The minimum atomic E-state index is 0.403. The molecule has 2 N–H and O–H groups in total. The zero-order chi connectivity index (χ0) is 14.4. The molecule has 6 heteroatoms. The predicted molar refractivity (Wildman–Crippen MR) is 80.4 cm³/mol. The fraction of sp³-hybridized carbons (Fsp3) is 0.800. The average molecular weight is 289 g/mol. The van der Waals surface area contributed by atoms with Crippen molar-refractivity contribution in [2.75, 3.05) is 23.8 Å². The summed E-state index contributed by atoms with van der Waals surface area (Å²) in [7, 11) is 0. The zero-order valence-electron chi connectivity index (χ0n) is 12.7. The van der Waals surface area contributed by atoms with Crippen molar-refractivity contribution in [1.82, 2.24) is 15.0 Å². The van der Waals surface area contributed by atoms with Gasteiger partial charge in [0.2, 0.25) is 11.9 Å². The summed E-state index contributed by atoms with van der Waals surface area (Å²) >= 11 is 0. The topological polar surface area (TPSA) is 72.0 Å². The highest BCUT2D eigenvalue weighted by Gasteiger charge is 2.65. The first-order chi connectivity index (χ1) is 10.3. The van der Waals surface area contributed by atoms with Gasteiger partial charge in [-0.15, -0.1) is 0 Å². The molecule has 3 saturated carbocycles. The molecular formula is C15H23N5O. The third-order valence-corrected chi connectivity index (χ3v) is 5.25. The molecule has 6 nitrogen and oxygen atoms in total. The molecule has 114 valence electrons. The SMILES string of the molecule is CCNc1nc(NC2C3C4CCC(C4)C23)nc(OCC)n1. The van der Waals surface area contributed by atoms with Gasteiger partial charge in [0.05, 0.1) is 6.61 Å². The molecule has 1 heterocycles. The van der Waals surface area contributed by atoms with Gasteiger partial charge in [0.25, 0.3) is 0 Å². The maximum absolute atomic E-state index is 5.44. The van der Waals surface area contributed by atoms with Gasteiger partial charge in [-0.25, -0.2) is 0 Å². The van der Waals surface area contributed by atoms with Gasteiger partial charge in [0, 0.05) is 12.6 Å². The standard InChI is InChI=1S/C15H23N5O/c1-3-16-13-18-14(20-15(19-13)21-4-2)17-12-10-8-5-6-9(7-8)11(10)12/h8-12H,3-7H2,1-2H3,(H2,16,17,18,19,20). The van der Waals surface area contributed by atoms with E-state index >= 15 is 0 Å². The van der Waals surface area contributed by atoms with Crippen molar-refractivity contribution in [3.05, 3.63) is 0 Å². The van der Waals surface area contributed by atoms with Gasteiger partial charge in [-0.1, -0.05) is 0 Å². The van der Waals surface area contributed by atoms with Crippen molar-refractivity contribution >= 4 is 11.9 Å². The summed E-state index contributed by atoms with van der Waals surface area (Å²) in [5.41, 5.74) is 0. The number of fused-ring (bicyclic) bond motifs is 5. The molecule has 1 aromatic heterocycles. The Labute approximate surface area is 125 Å². The number of hydrogen-bond acceptors (Lipinski definition) is 6. The molecule has 0 saturated heterocycles. The van der Waals surface area contributed by atoms with Crippen LogP contribution in [0, 0.1) is 23.7 Å². The molecule has 1 aromatic rings. The molecule has 4 rings (SSSR count). The molecule has 3 fully saturated rings. The monoisotopic (exact) mass is 289 g/mol. The van der Waals surface area contributed by atoms with E-state index in [-0.39, 0.29) is 0 Å². The van der Waals surface area contributed by atoms with E-state index in [1.54, 1.807) is 0 Å². The Morgan fingerprint density at radius 1 is 1.05 bits per heavy atom. The lowest BCUT2D eigenvalue weighted by molar-refractivity contribution is 0.312. The number of nitrogens with one attached hydrogen (secondary N) is 2. The largest absolute Gasteiger partial charge is 0.464 e. The van der Waals surface area contributed by atoms with Crippen LogP contribution in [-0.4, -0.2) is 34.1 Å². The Morgan fingerprint density at radius 2 is 1.76 bits per heavy atom. The van der Waals surface area contributed by atoms with Gasteiger partial charge in [0.1, 0.15) is 0 Å². The van der Waals surface area contributed by atoms with Gasteiger partial charge in [-0.2, -0.15) is 15.0 Å². The van der Waals surface area contributed by atoms with Crippen LogP contribution in [0.2, 0.25) is 0 Å². The molecule has 0 amide bonds. The van der Waals surface area contributed by atoms with Crippen LogP contribution in [0.1, 0.15) is 33.1 Å². The van der Waals surface area contributed by atoms with Crippen LogP contribution in [0.15, 0.2) is 0 Å². The number of ether oxygens (including phenoxy) is 1. The summed E-state index contributed by atoms with van der Waals surface area (Å²) in [5, 5.41) is 6.67. The van der Waals surface area contributed by atoms with Crippen LogP contribution in [-0.2, 0) is 0 Å². The molecule has 21 heavy (non-hydrogen) atoms. The van der Waals surface area contributed by atoms with Crippen LogP contribution >= 0.6 is 0 Å². The second-order valence-corrected chi connectivity index (χ2v) is 6.39. The van der Waals surface area contributed by atoms with Crippen molar-refractivity contribution in [3.8, 4) is 6.01 Å². The molecule has 0 radical (unpaired) electrons. The van der Waals surface area contributed by atoms with E-state index in [0.717, 1.165) is 30.2 Å². The van der Waals surface area contributed by atoms with Crippen LogP contribution in [0.5, 0.6) is 6.01 Å². The van der Waals surface area contributed by atoms with Crippen molar-refractivity contribution < 1.29 is 4.74 Å². The highest BCUT2D eigenvalue weighted by Crippen LogP contribution is 2.66. The van der Waals surface area contributed by atoms with Crippen molar-refractivity contribution in [2.24, 2.45) is 23.7 Å². The first kappa shape index (κ1) is 13.1. The van der Waals surface area contributed by atoms with E-state index in [4.69, 9.17) is 4.74 Å². The molecule has 4 atom stereocenters. The molecule has 3 aliphatic rings. The Morgan fingerprint density at radius 3 is 2.43 bits per heavy atom. The molecule has 2 bridgehead atoms. The van der Waals surface area contributed by atoms with Gasteiger partial charge >= 0.3 is 6.01 Å². The summed E-state index contributed by atoms with van der Waals surface area (Å²) < 4.78 is 5.44. The second-order valence-electron chi connectivity index (χ2n) is 6.39.